The first-order valence-electron chi connectivity index (χ1n) is 8.32. The van der Waals surface area contributed by atoms with Gasteiger partial charge in [0, 0.05) is 24.8 Å². The lowest BCUT2D eigenvalue weighted by Crippen LogP contribution is -2.24. The molecule has 0 aliphatic heterocycles. The number of benzene rings is 2. The third-order valence-corrected chi connectivity index (χ3v) is 6.99. The van der Waals surface area contributed by atoms with Gasteiger partial charge in [0.05, 0.1) is 21.2 Å². The van der Waals surface area contributed by atoms with Gasteiger partial charge in [0.2, 0.25) is 15.9 Å². The van der Waals surface area contributed by atoms with E-state index in [0.717, 1.165) is 15.3 Å². The normalized spacial score (nSPS) is 13.0. The minimum Gasteiger partial charge on any atom is -0.333 e. The second-order valence-electron chi connectivity index (χ2n) is 6.27. The van der Waals surface area contributed by atoms with Gasteiger partial charge in [-0.15, -0.1) is 0 Å². The maximum absolute atomic E-state index is 12.5. The van der Waals surface area contributed by atoms with E-state index in [4.69, 9.17) is 11.6 Å². The van der Waals surface area contributed by atoms with Gasteiger partial charge in [-0.2, -0.15) is 0 Å². The van der Waals surface area contributed by atoms with Crippen LogP contribution in [0, 0.1) is 0 Å². The number of hydrogen-bond donors (Lipinski definition) is 2. The smallest absolute Gasteiger partial charge is 0.242 e. The molecule has 7 nitrogen and oxygen atoms in total. The summed E-state index contributed by atoms with van der Waals surface area (Å²) in [4.78, 5) is 20.2. The third-order valence-electron chi connectivity index (χ3n) is 3.96. The largest absolute Gasteiger partial charge is 0.333 e. The van der Waals surface area contributed by atoms with Crippen molar-refractivity contribution in [1.29, 1.82) is 0 Å². The fourth-order valence-electron chi connectivity index (χ4n) is 2.42. The zero-order chi connectivity index (χ0) is 20.5. The lowest BCUT2D eigenvalue weighted by molar-refractivity contribution is -0.115. The van der Waals surface area contributed by atoms with Crippen LogP contribution in [0.1, 0.15) is 6.92 Å². The lowest BCUT2D eigenvalue weighted by Gasteiger charge is -2.14. The SMILES string of the molecule is CC(Sc1nc2ccc(Cl)cc2[nH]1)C(=O)Nc1cccc(S(=O)(=O)N(C)C)c1. The molecule has 0 aliphatic rings. The highest BCUT2D eigenvalue weighted by molar-refractivity contribution is 8.00. The van der Waals surface area contributed by atoms with Crippen LogP contribution in [0.2, 0.25) is 5.02 Å². The van der Waals surface area contributed by atoms with E-state index >= 15 is 0 Å². The van der Waals surface area contributed by atoms with Crippen molar-refractivity contribution in [3.8, 4) is 0 Å². The Hall–Kier alpha value is -2.07. The molecule has 0 radical (unpaired) electrons. The number of halogens is 1. The molecule has 0 aliphatic carbocycles. The van der Waals surface area contributed by atoms with Crippen LogP contribution in [0.15, 0.2) is 52.5 Å². The predicted octanol–water partition coefficient (Wildman–Crippen LogP) is 3.59. The first-order chi connectivity index (χ1) is 13.2. The van der Waals surface area contributed by atoms with E-state index < -0.39 is 15.3 Å². The number of hydrogen-bond acceptors (Lipinski definition) is 5. The van der Waals surface area contributed by atoms with Gasteiger partial charge in [-0.3, -0.25) is 4.79 Å². The third kappa shape index (κ3) is 4.49. The molecule has 1 aromatic heterocycles. The van der Waals surface area contributed by atoms with Gasteiger partial charge in [0.1, 0.15) is 0 Å². The maximum Gasteiger partial charge on any atom is 0.242 e. The van der Waals surface area contributed by atoms with Gasteiger partial charge in [-0.25, -0.2) is 17.7 Å². The number of aromatic nitrogens is 2. The summed E-state index contributed by atoms with van der Waals surface area (Å²) < 4.78 is 25.6. The molecule has 0 spiro atoms. The van der Waals surface area contributed by atoms with Crippen molar-refractivity contribution >= 4 is 56.0 Å². The minimum atomic E-state index is -3.57. The molecule has 1 heterocycles. The molecule has 1 unspecified atom stereocenters. The van der Waals surface area contributed by atoms with Crippen molar-refractivity contribution in [2.24, 2.45) is 0 Å². The summed E-state index contributed by atoms with van der Waals surface area (Å²) in [6, 6.07) is 11.5. The van der Waals surface area contributed by atoms with E-state index in [9.17, 15) is 13.2 Å². The summed E-state index contributed by atoms with van der Waals surface area (Å²) in [7, 11) is -0.655. The fourth-order valence-corrected chi connectivity index (χ4v) is 4.37. The Morgan fingerprint density at radius 3 is 2.71 bits per heavy atom. The van der Waals surface area contributed by atoms with Crippen molar-refractivity contribution in [1.82, 2.24) is 14.3 Å². The number of rotatable bonds is 6. The first-order valence-corrected chi connectivity index (χ1v) is 11.0. The number of anilines is 1. The van der Waals surface area contributed by atoms with Crippen molar-refractivity contribution in [2.75, 3.05) is 19.4 Å². The van der Waals surface area contributed by atoms with Crippen molar-refractivity contribution in [3.63, 3.8) is 0 Å². The molecular formula is C18H19ClN4O3S2. The fraction of sp³-hybridized carbons (Fsp3) is 0.222. The van der Waals surface area contributed by atoms with E-state index in [0.29, 0.717) is 15.9 Å². The lowest BCUT2D eigenvalue weighted by atomic mass is 10.3. The number of sulfonamides is 1. The molecule has 2 aromatic carbocycles. The Bertz CT molecular complexity index is 1130. The number of H-pyrrole nitrogens is 1. The van der Waals surface area contributed by atoms with Crippen molar-refractivity contribution in [3.05, 3.63) is 47.5 Å². The molecule has 148 valence electrons. The number of nitrogens with zero attached hydrogens (tertiary/aromatic N) is 2. The summed E-state index contributed by atoms with van der Waals surface area (Å²) in [5.41, 5.74) is 1.97. The van der Waals surface area contributed by atoms with Crippen LogP contribution in [-0.2, 0) is 14.8 Å². The number of carbonyl (C=O) groups excluding carboxylic acids is 1. The average Bonchev–Trinajstić information content (AvgIpc) is 3.03. The Morgan fingerprint density at radius 1 is 1.25 bits per heavy atom. The highest BCUT2D eigenvalue weighted by atomic mass is 35.5. The average molecular weight is 439 g/mol. The van der Waals surface area contributed by atoms with Crippen LogP contribution in [-0.4, -0.2) is 47.9 Å². The highest BCUT2D eigenvalue weighted by Gasteiger charge is 2.20. The number of imidazole rings is 1. The minimum absolute atomic E-state index is 0.116. The van der Waals surface area contributed by atoms with E-state index in [-0.39, 0.29) is 10.8 Å². The topological polar surface area (TPSA) is 95.2 Å². The molecule has 0 saturated carbocycles. The number of carbonyl (C=O) groups is 1. The zero-order valence-electron chi connectivity index (χ0n) is 15.4. The molecule has 3 aromatic rings. The van der Waals surface area contributed by atoms with Crippen molar-refractivity contribution < 1.29 is 13.2 Å². The van der Waals surface area contributed by atoms with Crippen LogP contribution in [0.5, 0.6) is 0 Å². The molecule has 0 bridgehead atoms. The van der Waals surface area contributed by atoms with Gasteiger partial charge in [-0.05, 0) is 43.3 Å². The molecule has 1 amide bonds. The van der Waals surface area contributed by atoms with Crippen LogP contribution < -0.4 is 5.32 Å². The van der Waals surface area contributed by atoms with E-state index in [2.05, 4.69) is 15.3 Å². The molecule has 28 heavy (non-hydrogen) atoms. The Balaban J connectivity index is 1.72. The highest BCUT2D eigenvalue weighted by Crippen LogP contribution is 2.26. The number of thioether (sulfide) groups is 1. The van der Waals surface area contributed by atoms with Gasteiger partial charge in [-0.1, -0.05) is 29.4 Å². The first kappa shape index (κ1) is 20.7. The van der Waals surface area contributed by atoms with E-state index in [1.165, 1.54) is 38.0 Å². The molecule has 0 fully saturated rings. The maximum atomic E-state index is 12.5. The number of amides is 1. The van der Waals surface area contributed by atoms with Gasteiger partial charge in [0.15, 0.2) is 5.16 Å². The predicted molar refractivity (Wildman–Crippen MR) is 112 cm³/mol. The van der Waals surface area contributed by atoms with Crippen LogP contribution in [0.25, 0.3) is 11.0 Å². The quantitative estimate of drug-likeness (QED) is 0.573. The van der Waals surface area contributed by atoms with Gasteiger partial charge >= 0.3 is 0 Å². The molecule has 1 atom stereocenters. The monoisotopic (exact) mass is 438 g/mol. The molecular weight excluding hydrogens is 420 g/mol. The Kier molecular flexibility index (Phi) is 5.99. The van der Waals surface area contributed by atoms with Crippen LogP contribution >= 0.6 is 23.4 Å². The van der Waals surface area contributed by atoms with Crippen LogP contribution in [0.4, 0.5) is 5.69 Å². The number of fused-ring (bicyclic) bond motifs is 1. The van der Waals surface area contributed by atoms with Crippen molar-refractivity contribution in [2.45, 2.75) is 22.2 Å². The second-order valence-corrected chi connectivity index (χ2v) is 10.2. The number of aromatic amines is 1. The molecule has 0 saturated heterocycles. The summed E-state index contributed by atoms with van der Waals surface area (Å²) in [5.74, 6) is -0.261. The number of nitrogens with one attached hydrogen (secondary N) is 2. The zero-order valence-corrected chi connectivity index (χ0v) is 17.8. The molecule has 10 heteroatoms. The summed E-state index contributed by atoms with van der Waals surface area (Å²) >= 11 is 7.24. The van der Waals surface area contributed by atoms with Gasteiger partial charge < -0.3 is 10.3 Å². The van der Waals surface area contributed by atoms with E-state index in [1.54, 1.807) is 37.3 Å². The Labute approximate surface area is 172 Å². The summed E-state index contributed by atoms with van der Waals surface area (Å²) in [5, 5.41) is 3.50. The second kappa shape index (κ2) is 8.12. The summed E-state index contributed by atoms with van der Waals surface area (Å²) in [6.07, 6.45) is 0. The Morgan fingerprint density at radius 2 is 2.00 bits per heavy atom. The molecule has 3 rings (SSSR count). The summed E-state index contributed by atoms with van der Waals surface area (Å²) in [6.45, 7) is 1.75. The molecule has 2 N–H and O–H groups in total. The standard InChI is InChI=1S/C18H19ClN4O3S2/c1-11(27-18-21-15-8-7-12(19)9-16(15)22-18)17(24)20-13-5-4-6-14(10-13)28(25,26)23(2)3/h4-11H,1-3H3,(H,20,24)(H,21,22). The van der Waals surface area contributed by atoms with Crippen LogP contribution in [0.3, 0.4) is 0 Å². The van der Waals surface area contributed by atoms with Gasteiger partial charge in [0.25, 0.3) is 0 Å². The van der Waals surface area contributed by atoms with E-state index in [1.807, 2.05) is 0 Å².